The van der Waals surface area contributed by atoms with Crippen LogP contribution in [0.5, 0.6) is 0 Å². The average molecular weight is 627 g/mol. The van der Waals surface area contributed by atoms with Crippen molar-refractivity contribution < 1.29 is 14.6 Å². The molecular weight excluding hydrogens is 584 g/mol. The molecule has 0 saturated carbocycles. The summed E-state index contributed by atoms with van der Waals surface area (Å²) in [6, 6.07) is 7.68. The van der Waals surface area contributed by atoms with Gasteiger partial charge < -0.3 is 24.3 Å². The minimum absolute atomic E-state index is 0.109. The van der Waals surface area contributed by atoms with Crippen molar-refractivity contribution in [3.8, 4) is 11.1 Å². The van der Waals surface area contributed by atoms with E-state index >= 15 is 0 Å². The van der Waals surface area contributed by atoms with Gasteiger partial charge in [-0.15, -0.1) is 0 Å². The van der Waals surface area contributed by atoms with Crippen LogP contribution < -0.4 is 15.8 Å². The lowest BCUT2D eigenvalue weighted by atomic mass is 9.90. The molecule has 0 aromatic carbocycles. The van der Waals surface area contributed by atoms with Crippen molar-refractivity contribution in [3.63, 3.8) is 0 Å². The van der Waals surface area contributed by atoms with Crippen molar-refractivity contribution in [2.75, 3.05) is 43.6 Å². The van der Waals surface area contributed by atoms with E-state index in [2.05, 4.69) is 33.6 Å². The van der Waals surface area contributed by atoms with Crippen LogP contribution in [-0.2, 0) is 50.9 Å². The molecule has 0 unspecified atom stereocenters. The summed E-state index contributed by atoms with van der Waals surface area (Å²) in [7, 11) is 3.45. The van der Waals surface area contributed by atoms with Crippen molar-refractivity contribution in [2.45, 2.75) is 59.9 Å². The lowest BCUT2D eigenvalue weighted by molar-refractivity contribution is 0.0962. The van der Waals surface area contributed by atoms with Crippen molar-refractivity contribution in [2.24, 2.45) is 12.5 Å². The van der Waals surface area contributed by atoms with Crippen molar-refractivity contribution in [1.82, 2.24) is 28.8 Å². The molecule has 242 valence electrons. The van der Waals surface area contributed by atoms with Gasteiger partial charge >= 0.3 is 0 Å². The van der Waals surface area contributed by atoms with E-state index in [1.807, 2.05) is 35.9 Å². The van der Waals surface area contributed by atoms with Crippen LogP contribution in [0, 0.1) is 12.3 Å². The van der Waals surface area contributed by atoms with Crippen LogP contribution in [-0.4, -0.2) is 73.2 Å². The predicted molar refractivity (Wildman–Crippen MR) is 176 cm³/mol. The SMILES string of the molecule is COCCN1CCn2nc(Nc3cc(-c4ccnc(N5CCn6c(cc7c6CC(C)(C)C7)C5=O)c4CO)c(C)n(C)c3=O)cc2C1. The molecule has 7 rings (SSSR count). The molecule has 4 aromatic heterocycles. The Hall–Kier alpha value is -4.26. The maximum absolute atomic E-state index is 13.9. The molecule has 1 amide bonds. The van der Waals surface area contributed by atoms with Crippen LogP contribution in [0.2, 0.25) is 0 Å². The topological polar surface area (TPSA) is 123 Å². The summed E-state index contributed by atoms with van der Waals surface area (Å²) in [5.74, 6) is 0.938. The molecule has 12 nitrogen and oxygen atoms in total. The Morgan fingerprint density at radius 2 is 1.89 bits per heavy atom. The Bertz CT molecular complexity index is 1900. The van der Waals surface area contributed by atoms with Crippen LogP contribution in [0.25, 0.3) is 11.1 Å². The fourth-order valence-electron chi connectivity index (χ4n) is 7.35. The second-order valence-electron chi connectivity index (χ2n) is 13.5. The highest BCUT2D eigenvalue weighted by molar-refractivity contribution is 6.06. The highest BCUT2D eigenvalue weighted by Gasteiger charge is 2.37. The monoisotopic (exact) mass is 626 g/mol. The number of carbonyl (C=O) groups is 1. The molecule has 0 atom stereocenters. The number of hydrogen-bond acceptors (Lipinski definition) is 8. The van der Waals surface area contributed by atoms with Gasteiger partial charge in [-0.2, -0.15) is 5.10 Å². The first-order valence-electron chi connectivity index (χ1n) is 16.0. The summed E-state index contributed by atoms with van der Waals surface area (Å²) < 4.78 is 11.0. The number of rotatable bonds is 8. The van der Waals surface area contributed by atoms with Crippen molar-refractivity contribution >= 4 is 23.2 Å². The third-order valence-electron chi connectivity index (χ3n) is 9.83. The highest BCUT2D eigenvalue weighted by atomic mass is 16.5. The lowest BCUT2D eigenvalue weighted by Gasteiger charge is -2.31. The fourth-order valence-corrected chi connectivity index (χ4v) is 7.35. The van der Waals surface area contributed by atoms with Gasteiger partial charge in [-0.05, 0) is 54.5 Å². The second kappa shape index (κ2) is 11.5. The van der Waals surface area contributed by atoms with E-state index in [1.165, 1.54) is 11.3 Å². The Kier molecular flexibility index (Phi) is 7.61. The van der Waals surface area contributed by atoms with E-state index in [4.69, 9.17) is 9.84 Å². The zero-order valence-corrected chi connectivity index (χ0v) is 27.3. The molecule has 0 saturated heterocycles. The largest absolute Gasteiger partial charge is 0.392 e. The first kappa shape index (κ1) is 30.4. The summed E-state index contributed by atoms with van der Waals surface area (Å²) in [6.07, 6.45) is 3.59. The number of anilines is 3. The molecule has 0 radical (unpaired) electrons. The van der Waals surface area contributed by atoms with Crippen LogP contribution in [0.15, 0.2) is 35.3 Å². The van der Waals surface area contributed by atoms with Crippen molar-refractivity contribution in [1.29, 1.82) is 0 Å². The van der Waals surface area contributed by atoms with Gasteiger partial charge in [0.2, 0.25) is 0 Å². The summed E-state index contributed by atoms with van der Waals surface area (Å²) in [4.78, 5) is 36.0. The molecule has 2 aliphatic heterocycles. The number of carbonyl (C=O) groups excluding carboxylic acids is 1. The Morgan fingerprint density at radius 1 is 1.07 bits per heavy atom. The molecular formula is C34H42N8O4. The maximum Gasteiger partial charge on any atom is 0.276 e. The first-order chi connectivity index (χ1) is 22.1. The van der Waals surface area contributed by atoms with Gasteiger partial charge in [0.1, 0.15) is 17.2 Å². The predicted octanol–water partition coefficient (Wildman–Crippen LogP) is 3.24. The molecule has 3 aliphatic rings. The molecule has 0 fully saturated rings. The minimum Gasteiger partial charge on any atom is -0.392 e. The smallest absolute Gasteiger partial charge is 0.276 e. The van der Waals surface area contributed by atoms with Gasteiger partial charge in [-0.25, -0.2) is 4.98 Å². The summed E-state index contributed by atoms with van der Waals surface area (Å²) in [6.45, 7) is 11.2. The Morgan fingerprint density at radius 3 is 2.67 bits per heavy atom. The Labute approximate surface area is 268 Å². The highest BCUT2D eigenvalue weighted by Crippen LogP contribution is 2.40. The molecule has 12 heteroatoms. The lowest BCUT2D eigenvalue weighted by Crippen LogP contribution is -2.41. The average Bonchev–Trinajstić information content (AvgIpc) is 3.69. The number of methoxy groups -OCH3 is 1. The summed E-state index contributed by atoms with van der Waals surface area (Å²) in [5.41, 5.74) is 7.43. The summed E-state index contributed by atoms with van der Waals surface area (Å²) in [5, 5.41) is 18.7. The van der Waals surface area contributed by atoms with Gasteiger partial charge in [0.15, 0.2) is 5.82 Å². The van der Waals surface area contributed by atoms with Crippen LogP contribution in [0.4, 0.5) is 17.3 Å². The summed E-state index contributed by atoms with van der Waals surface area (Å²) >= 11 is 0. The number of aromatic nitrogens is 5. The quantitative estimate of drug-likeness (QED) is 0.306. The number of nitrogens with one attached hydrogen (secondary N) is 1. The number of nitrogens with zero attached hydrogens (tertiary/aromatic N) is 7. The molecule has 0 bridgehead atoms. The molecule has 2 N–H and O–H groups in total. The number of pyridine rings is 2. The van der Waals surface area contributed by atoms with Crippen LogP contribution >= 0.6 is 0 Å². The van der Waals surface area contributed by atoms with Crippen LogP contribution in [0.3, 0.4) is 0 Å². The van der Waals surface area contributed by atoms with E-state index in [0.29, 0.717) is 48.3 Å². The van der Waals surface area contributed by atoms with E-state index in [9.17, 15) is 14.7 Å². The van der Waals surface area contributed by atoms with Gasteiger partial charge in [0.25, 0.3) is 11.5 Å². The third-order valence-corrected chi connectivity index (χ3v) is 9.83. The number of hydrogen-bond donors (Lipinski definition) is 2. The third kappa shape index (κ3) is 5.14. The van der Waals surface area contributed by atoms with E-state index in [1.54, 1.807) is 29.8 Å². The van der Waals surface area contributed by atoms with Gasteiger partial charge in [0.05, 0.1) is 25.5 Å². The zero-order valence-electron chi connectivity index (χ0n) is 27.3. The Balaban J connectivity index is 1.21. The van der Waals surface area contributed by atoms with E-state index in [0.717, 1.165) is 61.5 Å². The van der Waals surface area contributed by atoms with Gasteiger partial charge in [0, 0.05) is 81.7 Å². The molecule has 0 spiro atoms. The van der Waals surface area contributed by atoms with E-state index < -0.39 is 0 Å². The van der Waals surface area contributed by atoms with Gasteiger partial charge in [-0.3, -0.25) is 24.1 Å². The van der Waals surface area contributed by atoms with Crippen LogP contribution in [0.1, 0.15) is 52.5 Å². The minimum atomic E-state index is -0.313. The number of fused-ring (bicyclic) bond motifs is 4. The van der Waals surface area contributed by atoms with Gasteiger partial charge in [-0.1, -0.05) is 13.8 Å². The number of aliphatic hydroxyl groups excluding tert-OH is 1. The molecule has 46 heavy (non-hydrogen) atoms. The second-order valence-corrected chi connectivity index (χ2v) is 13.5. The normalized spacial score (nSPS) is 17.3. The fraction of sp³-hybridized carbons (Fsp3) is 0.471. The molecule has 4 aromatic rings. The number of amides is 1. The molecule has 1 aliphatic carbocycles. The maximum atomic E-state index is 13.9. The number of aliphatic hydroxyl groups is 1. The standard InChI is InChI=1S/C34H42N8O4/c1-21-25(16-27(32(44)38(21)4)36-30-15-23-19-39(12-13-46-5)8-11-42(23)37-30)24-6-7-35-31(26(24)20-43)41-10-9-40-28(33(41)45)14-22-17-34(2,3)18-29(22)40/h6-7,14-16,43H,8-13,17-20H2,1-5H3,(H,36,37). The first-order valence-corrected chi connectivity index (χ1v) is 16.0. The van der Waals surface area contributed by atoms with E-state index in [-0.39, 0.29) is 23.5 Å². The zero-order chi connectivity index (χ0) is 32.3. The number of ether oxygens (including phenoxy) is 1. The molecule has 6 heterocycles. The van der Waals surface area contributed by atoms with Crippen molar-refractivity contribution in [3.05, 3.63) is 74.7 Å².